The van der Waals surface area contributed by atoms with E-state index in [0.29, 0.717) is 0 Å². The zero-order chi connectivity index (χ0) is 39.4. The lowest BCUT2D eigenvalue weighted by molar-refractivity contribution is 0.229. The summed E-state index contributed by atoms with van der Waals surface area (Å²) in [6.45, 7) is 21.2. The van der Waals surface area contributed by atoms with Gasteiger partial charge in [0, 0.05) is 43.3 Å². The molecule has 2 nitrogen and oxygen atoms in total. The van der Waals surface area contributed by atoms with Gasteiger partial charge in [-0.1, -0.05) is 117 Å². The second-order valence-corrected chi connectivity index (χ2v) is 22.8. The minimum atomic E-state index is 0.0242. The van der Waals surface area contributed by atoms with Crippen LogP contribution in [-0.2, 0) is 21.7 Å². The van der Waals surface area contributed by atoms with Crippen LogP contribution in [0.25, 0.3) is 10.1 Å². The second-order valence-electron chi connectivity index (χ2n) is 21.7. The molecule has 4 fully saturated rings. The molecule has 4 heteroatoms. The molecule has 2 unspecified atom stereocenters. The summed E-state index contributed by atoms with van der Waals surface area (Å²) < 4.78 is 2.83. The van der Waals surface area contributed by atoms with Crippen molar-refractivity contribution in [3.63, 3.8) is 0 Å². The van der Waals surface area contributed by atoms with E-state index in [0.717, 1.165) is 17.8 Å². The Morgan fingerprint density at radius 1 is 0.579 bits per heavy atom. The van der Waals surface area contributed by atoms with Crippen LogP contribution in [0.2, 0.25) is 0 Å². The minimum Gasteiger partial charge on any atom is -0.311 e. The summed E-state index contributed by atoms with van der Waals surface area (Å²) in [6, 6.07) is 41.2. The maximum absolute atomic E-state index is 2.71. The highest BCUT2D eigenvalue weighted by Gasteiger charge is 2.57. The number of fused-ring (bicyclic) bond motifs is 6. The Hall–Kier alpha value is -4.28. The molecule has 4 bridgehead atoms. The Balaban J connectivity index is 1.24. The average Bonchev–Trinajstić information content (AvgIpc) is 3.77. The van der Waals surface area contributed by atoms with Crippen LogP contribution in [0, 0.1) is 17.8 Å². The molecule has 6 aromatic rings. The standard InChI is InChI=1S/C53H57BN2S/c1-50(2,3)35-14-19-39(20-15-35)55-43-26-37(52(7,8)9)18-23-42(43)54-47-44(55)27-38(53-29-32-24-33(30-53)34(25-32)31-53)28-45(47)56(40-21-16-36(17-22-40)51(4,5)6)48-41-12-10-11-13-46(41)57-49(48)54/h10-23,26-28,32-34H,24-25,29-31H2,1-9H3. The van der Waals surface area contributed by atoms with E-state index in [1.165, 1.54) is 109 Å². The fourth-order valence-electron chi connectivity index (χ4n) is 12.1. The lowest BCUT2D eigenvalue weighted by atomic mass is 9.36. The van der Waals surface area contributed by atoms with E-state index < -0.39 is 0 Å². The van der Waals surface area contributed by atoms with Crippen LogP contribution in [0.3, 0.4) is 0 Å². The molecule has 0 amide bonds. The predicted octanol–water partition coefficient (Wildman–Crippen LogP) is 13.0. The van der Waals surface area contributed by atoms with Gasteiger partial charge in [0.25, 0.3) is 6.71 Å². The normalized spacial score (nSPS) is 23.3. The van der Waals surface area contributed by atoms with Crippen molar-refractivity contribution in [2.45, 2.75) is 116 Å². The highest BCUT2D eigenvalue weighted by atomic mass is 32.1. The molecule has 1 aromatic heterocycles. The fourth-order valence-corrected chi connectivity index (χ4v) is 13.4. The van der Waals surface area contributed by atoms with E-state index in [4.69, 9.17) is 0 Å². The molecule has 0 saturated heterocycles. The van der Waals surface area contributed by atoms with Gasteiger partial charge in [0.1, 0.15) is 0 Å². The van der Waals surface area contributed by atoms with Gasteiger partial charge in [-0.2, -0.15) is 0 Å². The summed E-state index contributed by atoms with van der Waals surface area (Å²) in [4.78, 5) is 5.38. The molecular formula is C53H57BN2S. The molecule has 0 spiro atoms. The van der Waals surface area contributed by atoms with Crippen molar-refractivity contribution in [1.29, 1.82) is 0 Å². The van der Waals surface area contributed by atoms with E-state index in [1.807, 2.05) is 11.3 Å². The summed E-state index contributed by atoms with van der Waals surface area (Å²) in [6.07, 6.45) is 6.97. The lowest BCUT2D eigenvalue weighted by Gasteiger charge is -2.46. The van der Waals surface area contributed by atoms with Crippen LogP contribution >= 0.6 is 11.3 Å². The maximum Gasteiger partial charge on any atom is 0.264 e. The summed E-state index contributed by atoms with van der Waals surface area (Å²) in [7, 11) is 0. The molecule has 288 valence electrons. The smallest absolute Gasteiger partial charge is 0.264 e. The summed E-state index contributed by atoms with van der Waals surface area (Å²) in [5.74, 6) is 2.68. The van der Waals surface area contributed by atoms with Gasteiger partial charge in [-0.15, -0.1) is 11.3 Å². The third-order valence-corrected chi connectivity index (χ3v) is 16.2. The molecule has 6 aliphatic rings. The highest BCUT2D eigenvalue weighted by molar-refractivity contribution is 7.33. The van der Waals surface area contributed by atoms with E-state index in [2.05, 4.69) is 175 Å². The topological polar surface area (TPSA) is 6.48 Å². The molecule has 4 aliphatic carbocycles. The Morgan fingerprint density at radius 3 is 1.70 bits per heavy atom. The Kier molecular flexibility index (Phi) is 7.49. The number of benzene rings is 5. The Labute approximate surface area is 345 Å². The first-order valence-corrected chi connectivity index (χ1v) is 22.5. The number of hydrogen-bond donors (Lipinski definition) is 0. The van der Waals surface area contributed by atoms with Crippen LogP contribution in [-0.4, -0.2) is 6.71 Å². The van der Waals surface area contributed by atoms with Crippen molar-refractivity contribution in [3.8, 4) is 0 Å². The molecule has 12 rings (SSSR count). The summed E-state index contributed by atoms with van der Waals surface area (Å²) >= 11 is 2.01. The molecule has 4 saturated carbocycles. The van der Waals surface area contributed by atoms with Gasteiger partial charge in [0.15, 0.2) is 0 Å². The van der Waals surface area contributed by atoms with Gasteiger partial charge in [0.05, 0.1) is 5.69 Å². The first-order valence-electron chi connectivity index (χ1n) is 21.7. The third kappa shape index (κ3) is 5.34. The zero-order valence-electron chi connectivity index (χ0n) is 35.5. The second kappa shape index (κ2) is 11.9. The predicted molar refractivity (Wildman–Crippen MR) is 247 cm³/mol. The van der Waals surface area contributed by atoms with Gasteiger partial charge in [-0.25, -0.2) is 0 Å². The largest absolute Gasteiger partial charge is 0.311 e. The number of anilines is 6. The monoisotopic (exact) mass is 764 g/mol. The molecule has 57 heavy (non-hydrogen) atoms. The quantitative estimate of drug-likeness (QED) is 0.165. The van der Waals surface area contributed by atoms with Gasteiger partial charge < -0.3 is 9.80 Å². The fraction of sp³-hybridized carbons (Fsp3) is 0.396. The van der Waals surface area contributed by atoms with Crippen LogP contribution in [0.5, 0.6) is 0 Å². The van der Waals surface area contributed by atoms with Gasteiger partial charge in [-0.3, -0.25) is 0 Å². The van der Waals surface area contributed by atoms with E-state index in [1.54, 1.807) is 5.56 Å². The molecule has 2 atom stereocenters. The van der Waals surface area contributed by atoms with Crippen molar-refractivity contribution in [1.82, 2.24) is 0 Å². The Morgan fingerprint density at radius 2 is 1.12 bits per heavy atom. The summed E-state index contributed by atoms with van der Waals surface area (Å²) in [5, 5.41) is 1.36. The average molecular weight is 765 g/mol. The van der Waals surface area contributed by atoms with Gasteiger partial charge >= 0.3 is 0 Å². The van der Waals surface area contributed by atoms with Crippen LogP contribution in [0.4, 0.5) is 34.1 Å². The molecule has 0 N–H and O–H groups in total. The van der Waals surface area contributed by atoms with E-state index in [9.17, 15) is 0 Å². The Bertz CT molecular complexity index is 2570. The summed E-state index contributed by atoms with van der Waals surface area (Å²) in [5.41, 5.74) is 17.0. The van der Waals surface area contributed by atoms with Crippen molar-refractivity contribution in [3.05, 3.63) is 125 Å². The SMILES string of the molecule is CC(C)(C)c1ccc(N2c3cc(C(C)(C)C)ccc3B3c4sc5ccccc5c4N(c4ccc(C(C)(C)C)cc4)c4cc(C56CC7CC(C5)C(C7)C6)cc2c43)cc1. The third-order valence-electron chi connectivity index (χ3n) is 15.0. The number of rotatable bonds is 3. The molecule has 0 radical (unpaired) electrons. The van der Waals surface area contributed by atoms with E-state index in [-0.39, 0.29) is 28.4 Å². The van der Waals surface area contributed by atoms with Crippen molar-refractivity contribution in [2.75, 3.05) is 9.80 Å². The van der Waals surface area contributed by atoms with Crippen molar-refractivity contribution >= 4 is 78.0 Å². The van der Waals surface area contributed by atoms with Gasteiger partial charge in [-0.05, 0) is 153 Å². The van der Waals surface area contributed by atoms with Crippen LogP contribution in [0.1, 0.15) is 117 Å². The van der Waals surface area contributed by atoms with Crippen molar-refractivity contribution in [2.24, 2.45) is 17.8 Å². The zero-order valence-corrected chi connectivity index (χ0v) is 36.3. The lowest BCUT2D eigenvalue weighted by Crippen LogP contribution is -2.60. The molecule has 5 aromatic carbocycles. The van der Waals surface area contributed by atoms with Gasteiger partial charge in [0.2, 0.25) is 0 Å². The van der Waals surface area contributed by atoms with Crippen LogP contribution in [0.15, 0.2) is 103 Å². The maximum atomic E-state index is 2.71. The number of nitrogens with zero attached hydrogens (tertiary/aromatic N) is 2. The first-order chi connectivity index (χ1) is 27.1. The van der Waals surface area contributed by atoms with Crippen LogP contribution < -0.4 is 25.5 Å². The highest BCUT2D eigenvalue weighted by Crippen LogP contribution is 2.65. The van der Waals surface area contributed by atoms with Crippen molar-refractivity contribution < 1.29 is 0 Å². The number of hydrogen-bond acceptors (Lipinski definition) is 3. The number of thiophene rings is 1. The molecule has 3 heterocycles. The first kappa shape index (κ1) is 35.9. The minimum absolute atomic E-state index is 0.0242. The molecule has 2 aliphatic heterocycles. The van der Waals surface area contributed by atoms with E-state index >= 15 is 0 Å². The molecular weight excluding hydrogens is 707 g/mol.